The van der Waals surface area contributed by atoms with Crippen LogP contribution >= 0.6 is 11.3 Å². The van der Waals surface area contributed by atoms with Gasteiger partial charge >= 0.3 is 0 Å². The van der Waals surface area contributed by atoms with Crippen molar-refractivity contribution in [2.24, 2.45) is 9.98 Å². The van der Waals surface area contributed by atoms with E-state index in [1.165, 1.54) is 53.2 Å². The molecule has 1 aliphatic rings. The van der Waals surface area contributed by atoms with Gasteiger partial charge in [-0.15, -0.1) is 11.3 Å². The minimum atomic E-state index is -0.322. The molecule has 1 aliphatic heterocycles. The van der Waals surface area contributed by atoms with E-state index in [9.17, 15) is 0 Å². The van der Waals surface area contributed by atoms with E-state index in [4.69, 9.17) is 9.98 Å². The molecule has 10 aromatic rings. The molecule has 264 valence electrons. The molecule has 8 aromatic carbocycles. The molecule has 1 atom stereocenters. The highest BCUT2D eigenvalue weighted by molar-refractivity contribution is 7.26. The molecule has 0 fully saturated rings. The lowest BCUT2D eigenvalue weighted by molar-refractivity contribution is 0.674. The summed E-state index contributed by atoms with van der Waals surface area (Å²) in [5.41, 5.74) is 11.3. The van der Waals surface area contributed by atoms with Crippen LogP contribution in [0.5, 0.6) is 0 Å². The fraction of sp³-hybridized carbons (Fsp3) is 0.0196. The quantitative estimate of drug-likeness (QED) is 0.182. The van der Waals surface area contributed by atoms with Gasteiger partial charge in [-0.3, -0.25) is 0 Å². The smallest absolute Gasteiger partial charge is 0.159 e. The van der Waals surface area contributed by atoms with Crippen LogP contribution in [0, 0.1) is 0 Å². The average Bonchev–Trinajstić information content (AvgIpc) is 3.83. The molecule has 0 saturated heterocycles. The Kier molecular flexibility index (Phi) is 7.71. The van der Waals surface area contributed by atoms with Crippen LogP contribution in [-0.2, 0) is 0 Å². The lowest BCUT2D eigenvalue weighted by Gasteiger charge is -2.24. The van der Waals surface area contributed by atoms with Crippen molar-refractivity contribution < 1.29 is 0 Å². The molecule has 0 saturated carbocycles. The first-order valence-electron chi connectivity index (χ1n) is 18.9. The van der Waals surface area contributed by atoms with Gasteiger partial charge in [0, 0.05) is 53.3 Å². The largest absolute Gasteiger partial charge is 0.344 e. The summed E-state index contributed by atoms with van der Waals surface area (Å²) < 4.78 is 5.03. The van der Waals surface area contributed by atoms with Crippen LogP contribution in [0.2, 0.25) is 0 Å². The summed E-state index contributed by atoms with van der Waals surface area (Å²) in [5.74, 6) is 1.49. The highest BCUT2D eigenvalue weighted by atomic mass is 32.1. The molecule has 0 bridgehead atoms. The van der Waals surface area contributed by atoms with E-state index in [0.29, 0.717) is 5.84 Å². The Bertz CT molecular complexity index is 3170. The monoisotopic (exact) mass is 734 g/mol. The van der Waals surface area contributed by atoms with Gasteiger partial charge < -0.3 is 9.88 Å². The third kappa shape index (κ3) is 5.44. The van der Waals surface area contributed by atoms with Gasteiger partial charge in [-0.25, -0.2) is 9.98 Å². The second-order valence-corrected chi connectivity index (χ2v) is 15.3. The number of thiophene rings is 1. The van der Waals surface area contributed by atoms with E-state index in [0.717, 1.165) is 39.3 Å². The standard InChI is InChI=1S/C51H34N4S/c1-3-15-33(16-4-1)35-19-11-20-36(31-35)50-52-49(34-17-5-2-6-18-34)53-51(54-50)37-21-12-22-38(32-37)55-44-28-9-7-24-43(44)47-40(25-14-29-45(47)55)42-27-13-26-41-39-23-8-10-30-46(39)56-48(41)42/h1-32,50H,(H,52,53,54). The van der Waals surface area contributed by atoms with E-state index in [2.05, 4.69) is 186 Å². The zero-order chi connectivity index (χ0) is 37.0. The molecule has 4 nitrogen and oxygen atoms in total. The third-order valence-corrected chi connectivity index (χ3v) is 12.1. The number of hydrogen-bond donors (Lipinski definition) is 1. The number of amidine groups is 2. The number of nitrogens with one attached hydrogen (secondary N) is 1. The molecule has 1 N–H and O–H groups in total. The Balaban J connectivity index is 1.05. The van der Waals surface area contributed by atoms with Crippen LogP contribution in [0.4, 0.5) is 0 Å². The number of hydrogen-bond acceptors (Lipinski definition) is 4. The van der Waals surface area contributed by atoms with Crippen LogP contribution in [0.1, 0.15) is 22.9 Å². The molecule has 1 unspecified atom stereocenters. The van der Waals surface area contributed by atoms with E-state index in [1.807, 2.05) is 29.5 Å². The Hall–Kier alpha value is -7.08. The van der Waals surface area contributed by atoms with Crippen molar-refractivity contribution in [3.8, 4) is 27.9 Å². The van der Waals surface area contributed by atoms with Crippen molar-refractivity contribution in [3.05, 3.63) is 211 Å². The molecule has 5 heteroatoms. The molecular formula is C51H34N4S. The summed E-state index contributed by atoms with van der Waals surface area (Å²) >= 11 is 1.88. The highest BCUT2D eigenvalue weighted by Crippen LogP contribution is 2.44. The van der Waals surface area contributed by atoms with Crippen LogP contribution in [0.3, 0.4) is 0 Å². The van der Waals surface area contributed by atoms with E-state index in [1.54, 1.807) is 0 Å². The maximum absolute atomic E-state index is 5.17. The Morgan fingerprint density at radius 2 is 1.12 bits per heavy atom. The van der Waals surface area contributed by atoms with Crippen molar-refractivity contribution in [3.63, 3.8) is 0 Å². The van der Waals surface area contributed by atoms with Crippen molar-refractivity contribution in [2.75, 3.05) is 0 Å². The van der Waals surface area contributed by atoms with Gasteiger partial charge in [-0.2, -0.15) is 0 Å². The molecule has 0 spiro atoms. The second kappa shape index (κ2) is 13.3. The average molecular weight is 735 g/mol. The first kappa shape index (κ1) is 32.4. The predicted octanol–water partition coefficient (Wildman–Crippen LogP) is 13.0. The van der Waals surface area contributed by atoms with E-state index < -0.39 is 0 Å². The zero-order valence-electron chi connectivity index (χ0n) is 30.3. The van der Waals surface area contributed by atoms with Crippen molar-refractivity contribution in [1.82, 2.24) is 9.88 Å². The molecule has 0 aliphatic carbocycles. The topological polar surface area (TPSA) is 41.7 Å². The SMILES string of the molecule is c1ccc(C2=NC(c3cccc(-c4ccccc4)c3)NC(c3cccc(-n4c5ccccc5c5c(-c6cccc7c6sc6ccccc67)cccc54)c3)=N2)cc1. The number of rotatable bonds is 6. The second-order valence-electron chi connectivity index (χ2n) is 14.2. The number of aromatic nitrogens is 1. The first-order chi connectivity index (χ1) is 27.8. The molecule has 3 heterocycles. The minimum absolute atomic E-state index is 0.322. The normalized spacial score (nSPS) is 14.2. The summed E-state index contributed by atoms with van der Waals surface area (Å²) in [6.07, 6.45) is -0.322. The van der Waals surface area contributed by atoms with Gasteiger partial charge in [0.1, 0.15) is 12.0 Å². The van der Waals surface area contributed by atoms with E-state index in [-0.39, 0.29) is 6.17 Å². The van der Waals surface area contributed by atoms with Gasteiger partial charge in [-0.1, -0.05) is 158 Å². The van der Waals surface area contributed by atoms with Crippen molar-refractivity contribution >= 4 is 65.0 Å². The number of benzene rings is 8. The van der Waals surface area contributed by atoms with Crippen molar-refractivity contribution in [1.29, 1.82) is 0 Å². The highest BCUT2D eigenvalue weighted by Gasteiger charge is 2.23. The fourth-order valence-electron chi connectivity index (χ4n) is 8.28. The summed E-state index contributed by atoms with van der Waals surface area (Å²) in [5, 5.41) is 8.82. The first-order valence-corrected chi connectivity index (χ1v) is 19.8. The fourth-order valence-corrected chi connectivity index (χ4v) is 9.51. The van der Waals surface area contributed by atoms with Crippen LogP contribution in [-0.4, -0.2) is 16.2 Å². The maximum atomic E-state index is 5.17. The van der Waals surface area contributed by atoms with Gasteiger partial charge in [-0.05, 0) is 58.7 Å². The van der Waals surface area contributed by atoms with Crippen LogP contribution in [0.25, 0.3) is 69.9 Å². The van der Waals surface area contributed by atoms with Crippen LogP contribution in [0.15, 0.2) is 204 Å². The van der Waals surface area contributed by atoms with Gasteiger partial charge in [0.25, 0.3) is 0 Å². The molecule has 0 amide bonds. The minimum Gasteiger partial charge on any atom is -0.344 e. The molecule has 56 heavy (non-hydrogen) atoms. The molecule has 2 aromatic heterocycles. The van der Waals surface area contributed by atoms with Gasteiger partial charge in [0.2, 0.25) is 0 Å². The maximum Gasteiger partial charge on any atom is 0.159 e. The lowest BCUT2D eigenvalue weighted by Crippen LogP contribution is -2.33. The molecule has 0 radical (unpaired) electrons. The number of para-hydroxylation sites is 1. The predicted molar refractivity (Wildman–Crippen MR) is 236 cm³/mol. The third-order valence-electron chi connectivity index (χ3n) is 10.9. The Labute approximate surface area is 328 Å². The number of aliphatic imine (C=N–C) groups is 2. The number of fused-ring (bicyclic) bond motifs is 6. The molecular weight excluding hydrogens is 701 g/mol. The summed E-state index contributed by atoms with van der Waals surface area (Å²) in [4.78, 5) is 10.3. The zero-order valence-corrected chi connectivity index (χ0v) is 31.1. The summed E-state index contributed by atoms with van der Waals surface area (Å²) in [6, 6.07) is 69.1. The Morgan fingerprint density at radius 1 is 0.482 bits per heavy atom. The molecule has 11 rings (SSSR count). The number of nitrogens with zero attached hydrogens (tertiary/aromatic N) is 3. The summed E-state index contributed by atoms with van der Waals surface area (Å²) in [6.45, 7) is 0. The van der Waals surface area contributed by atoms with E-state index >= 15 is 0 Å². The lowest BCUT2D eigenvalue weighted by atomic mass is 9.98. The van der Waals surface area contributed by atoms with Gasteiger partial charge in [0.05, 0.1) is 11.0 Å². The Morgan fingerprint density at radius 3 is 2.00 bits per heavy atom. The van der Waals surface area contributed by atoms with Crippen molar-refractivity contribution in [2.45, 2.75) is 6.17 Å². The summed E-state index contributed by atoms with van der Waals surface area (Å²) in [7, 11) is 0. The van der Waals surface area contributed by atoms with Gasteiger partial charge in [0.15, 0.2) is 5.84 Å². The van der Waals surface area contributed by atoms with Crippen LogP contribution < -0.4 is 5.32 Å².